The fourth-order valence-electron chi connectivity index (χ4n) is 2.61. The van der Waals surface area contributed by atoms with E-state index in [0.717, 1.165) is 25.5 Å². The fraction of sp³-hybridized carbons (Fsp3) is 0.588. The summed E-state index contributed by atoms with van der Waals surface area (Å²) in [4.78, 5) is 3.43. The van der Waals surface area contributed by atoms with E-state index in [1.54, 1.807) is 0 Å². The third-order valence-electron chi connectivity index (χ3n) is 3.84. The van der Waals surface area contributed by atoms with Gasteiger partial charge in [-0.25, -0.2) is 0 Å². The molecule has 3 N–H and O–H groups in total. The van der Waals surface area contributed by atoms with Gasteiger partial charge in [0.1, 0.15) is 6.04 Å². The molecule has 1 aromatic carbocycles. The van der Waals surface area contributed by atoms with Crippen molar-refractivity contribution in [1.29, 1.82) is 0 Å². The lowest BCUT2D eigenvalue weighted by Crippen LogP contribution is -3.00. The molecule has 0 amide bonds. The van der Waals surface area contributed by atoms with Crippen molar-refractivity contribution in [2.75, 3.05) is 13.1 Å². The predicted octanol–water partition coefficient (Wildman–Crippen LogP) is -1.80. The van der Waals surface area contributed by atoms with Crippen LogP contribution in [-0.2, 0) is 6.42 Å². The Morgan fingerprint density at radius 3 is 2.76 bits per heavy atom. The molecule has 1 aliphatic rings. The maximum absolute atomic E-state index is 3.55. The van der Waals surface area contributed by atoms with Crippen LogP contribution in [0.5, 0.6) is 0 Å². The molecule has 0 aliphatic carbocycles. The van der Waals surface area contributed by atoms with Crippen LogP contribution in [0.1, 0.15) is 44.6 Å². The van der Waals surface area contributed by atoms with Crippen molar-refractivity contribution >= 4 is 5.96 Å². The standard InChI is InChI=1S/C17H27N3.ClH/c1-2-3-4-8-11-16-14-19-17(20-16)18-13-12-15-9-6-5-7-10-15;/h5-7,9-10,16H,2-4,8,11-14H2,1H3,(H2,18,19,20);1H. The van der Waals surface area contributed by atoms with E-state index in [0.29, 0.717) is 6.04 Å². The molecule has 21 heavy (non-hydrogen) atoms. The van der Waals surface area contributed by atoms with E-state index in [4.69, 9.17) is 0 Å². The second-order valence-electron chi connectivity index (χ2n) is 5.61. The minimum absolute atomic E-state index is 0. The summed E-state index contributed by atoms with van der Waals surface area (Å²) in [5, 5.41) is 7.00. The van der Waals surface area contributed by atoms with Gasteiger partial charge < -0.3 is 12.4 Å². The highest BCUT2D eigenvalue weighted by molar-refractivity contribution is 5.75. The van der Waals surface area contributed by atoms with E-state index >= 15 is 0 Å². The molecular formula is C17H28ClN3. The van der Waals surface area contributed by atoms with Gasteiger partial charge in [0.15, 0.2) is 0 Å². The van der Waals surface area contributed by atoms with Crippen LogP contribution < -0.4 is 28.0 Å². The van der Waals surface area contributed by atoms with Crippen LogP contribution in [0.3, 0.4) is 0 Å². The molecule has 118 valence electrons. The molecule has 0 saturated carbocycles. The quantitative estimate of drug-likeness (QED) is 0.496. The monoisotopic (exact) mass is 309 g/mol. The summed E-state index contributed by atoms with van der Waals surface area (Å²) < 4.78 is 0. The molecule has 1 atom stereocenters. The zero-order valence-electron chi connectivity index (χ0n) is 13.0. The SMILES string of the molecule is CCCCCCC1C[NH+]=C(NCCc2ccccc2)N1.[Cl-]. The summed E-state index contributed by atoms with van der Waals surface area (Å²) in [6.07, 6.45) is 7.72. The first kappa shape index (κ1) is 17.8. The van der Waals surface area contributed by atoms with Gasteiger partial charge in [-0.3, -0.25) is 15.6 Å². The highest BCUT2D eigenvalue weighted by Crippen LogP contribution is 2.05. The molecule has 1 unspecified atom stereocenters. The third-order valence-corrected chi connectivity index (χ3v) is 3.84. The molecule has 1 aliphatic heterocycles. The number of halogens is 1. The first-order valence-electron chi connectivity index (χ1n) is 8.03. The number of nitrogens with one attached hydrogen (secondary N) is 3. The maximum atomic E-state index is 3.55. The van der Waals surface area contributed by atoms with Gasteiger partial charge >= 0.3 is 5.96 Å². The minimum Gasteiger partial charge on any atom is -1.00 e. The second kappa shape index (κ2) is 10.5. The van der Waals surface area contributed by atoms with Gasteiger partial charge in [-0.2, -0.15) is 0 Å². The van der Waals surface area contributed by atoms with E-state index in [9.17, 15) is 0 Å². The lowest BCUT2D eigenvalue weighted by molar-refractivity contribution is -0.451. The van der Waals surface area contributed by atoms with Crippen LogP contribution in [-0.4, -0.2) is 25.1 Å². The molecule has 0 saturated heterocycles. The van der Waals surface area contributed by atoms with Gasteiger partial charge in [0.25, 0.3) is 0 Å². The van der Waals surface area contributed by atoms with Gasteiger partial charge in [-0.1, -0.05) is 56.5 Å². The Kier molecular flexibility index (Phi) is 8.91. The highest BCUT2D eigenvalue weighted by atomic mass is 35.5. The summed E-state index contributed by atoms with van der Waals surface area (Å²) in [7, 11) is 0. The van der Waals surface area contributed by atoms with Crippen molar-refractivity contribution in [3.8, 4) is 0 Å². The number of unbranched alkanes of at least 4 members (excludes halogenated alkanes) is 3. The number of rotatable bonds is 8. The summed E-state index contributed by atoms with van der Waals surface area (Å²) in [5.41, 5.74) is 1.38. The van der Waals surface area contributed by atoms with Gasteiger partial charge in [0, 0.05) is 6.42 Å². The van der Waals surface area contributed by atoms with Crippen LogP contribution in [0.25, 0.3) is 0 Å². The van der Waals surface area contributed by atoms with Crippen molar-refractivity contribution in [2.45, 2.75) is 51.5 Å². The number of benzene rings is 1. The Balaban J connectivity index is 0.00000220. The van der Waals surface area contributed by atoms with Crippen molar-refractivity contribution < 1.29 is 17.4 Å². The van der Waals surface area contributed by atoms with E-state index < -0.39 is 0 Å². The first-order valence-corrected chi connectivity index (χ1v) is 8.03. The van der Waals surface area contributed by atoms with Gasteiger partial charge in [-0.05, 0) is 18.4 Å². The molecule has 1 heterocycles. The smallest absolute Gasteiger partial charge is 0.343 e. The number of guanidine groups is 1. The molecule has 4 heteroatoms. The Morgan fingerprint density at radius 1 is 1.19 bits per heavy atom. The van der Waals surface area contributed by atoms with Crippen molar-refractivity contribution in [3.63, 3.8) is 0 Å². The van der Waals surface area contributed by atoms with Gasteiger partial charge in [0.2, 0.25) is 0 Å². The van der Waals surface area contributed by atoms with Gasteiger partial charge in [-0.15, -0.1) is 0 Å². The number of hydrogen-bond acceptors (Lipinski definition) is 2. The zero-order valence-corrected chi connectivity index (χ0v) is 13.8. The van der Waals surface area contributed by atoms with E-state index in [1.807, 2.05) is 0 Å². The largest absolute Gasteiger partial charge is 1.00 e. The predicted molar refractivity (Wildman–Crippen MR) is 84.7 cm³/mol. The summed E-state index contributed by atoms with van der Waals surface area (Å²) in [6.45, 7) is 4.29. The van der Waals surface area contributed by atoms with E-state index in [1.165, 1.54) is 37.7 Å². The zero-order chi connectivity index (χ0) is 14.0. The van der Waals surface area contributed by atoms with E-state index in [2.05, 4.69) is 52.9 Å². The molecule has 2 rings (SSSR count). The summed E-state index contributed by atoms with van der Waals surface area (Å²) >= 11 is 0. The fourth-order valence-corrected chi connectivity index (χ4v) is 2.61. The average Bonchev–Trinajstić information content (AvgIpc) is 2.93. The Bertz CT molecular complexity index is 406. The van der Waals surface area contributed by atoms with E-state index in [-0.39, 0.29) is 12.4 Å². The average molecular weight is 310 g/mol. The van der Waals surface area contributed by atoms with Gasteiger partial charge in [0.05, 0.1) is 13.1 Å². The Hall–Kier alpha value is -1.22. The summed E-state index contributed by atoms with van der Waals surface area (Å²) in [6, 6.07) is 11.2. The van der Waals surface area contributed by atoms with Crippen molar-refractivity contribution in [1.82, 2.24) is 10.6 Å². The minimum atomic E-state index is 0. The normalized spacial score (nSPS) is 16.8. The van der Waals surface area contributed by atoms with Crippen LogP contribution in [0.2, 0.25) is 0 Å². The molecule has 0 spiro atoms. The molecule has 1 aromatic rings. The molecule has 3 nitrogen and oxygen atoms in total. The third kappa shape index (κ3) is 6.85. The molecule has 0 aromatic heterocycles. The maximum Gasteiger partial charge on any atom is 0.343 e. The first-order chi connectivity index (χ1) is 9.88. The van der Waals surface area contributed by atoms with Crippen molar-refractivity contribution in [3.05, 3.63) is 35.9 Å². The van der Waals surface area contributed by atoms with Crippen LogP contribution in [0, 0.1) is 0 Å². The highest BCUT2D eigenvalue weighted by Gasteiger charge is 2.21. The lowest BCUT2D eigenvalue weighted by Gasteiger charge is -2.07. The Labute approximate surface area is 135 Å². The Morgan fingerprint density at radius 2 is 2.00 bits per heavy atom. The molecule has 0 fully saturated rings. The van der Waals surface area contributed by atoms with Crippen LogP contribution in [0.15, 0.2) is 30.3 Å². The van der Waals surface area contributed by atoms with Crippen LogP contribution >= 0.6 is 0 Å². The molecule has 0 bridgehead atoms. The molecule has 0 radical (unpaired) electrons. The van der Waals surface area contributed by atoms with Crippen LogP contribution in [0.4, 0.5) is 0 Å². The molecular weight excluding hydrogens is 282 g/mol. The second-order valence-corrected chi connectivity index (χ2v) is 5.61. The van der Waals surface area contributed by atoms with Crippen molar-refractivity contribution in [2.24, 2.45) is 0 Å². The topological polar surface area (TPSA) is 38.0 Å². The lowest BCUT2D eigenvalue weighted by atomic mass is 10.1. The number of hydrogen-bond donors (Lipinski definition) is 3. The summed E-state index contributed by atoms with van der Waals surface area (Å²) in [5.74, 6) is 1.11.